The third-order valence-electron chi connectivity index (χ3n) is 5.23. The van der Waals surface area contributed by atoms with E-state index in [1.165, 1.54) is 4.68 Å². The normalized spacial score (nSPS) is 12.0. The van der Waals surface area contributed by atoms with Crippen LogP contribution in [-0.2, 0) is 13.0 Å². The summed E-state index contributed by atoms with van der Waals surface area (Å²) < 4.78 is 17.6. The average molecular weight is 447 g/mol. The van der Waals surface area contributed by atoms with Crippen LogP contribution in [0.15, 0.2) is 70.5 Å². The summed E-state index contributed by atoms with van der Waals surface area (Å²) in [6.07, 6.45) is 1.52. The number of aliphatic hydroxyl groups is 1. The third kappa shape index (κ3) is 4.65. The molecular formula is C25H25N3O5. The van der Waals surface area contributed by atoms with E-state index in [1.54, 1.807) is 26.2 Å². The van der Waals surface area contributed by atoms with Gasteiger partial charge in [-0.3, -0.25) is 4.79 Å². The zero-order valence-electron chi connectivity index (χ0n) is 18.5. The zero-order chi connectivity index (χ0) is 23.4. The highest BCUT2D eigenvalue weighted by Crippen LogP contribution is 2.29. The van der Waals surface area contributed by atoms with Crippen molar-refractivity contribution < 1.29 is 19.1 Å². The van der Waals surface area contributed by atoms with Crippen LogP contribution in [0.1, 0.15) is 11.3 Å². The van der Waals surface area contributed by atoms with Gasteiger partial charge in [0.05, 0.1) is 19.0 Å². The molecule has 8 nitrogen and oxygen atoms in total. The summed E-state index contributed by atoms with van der Waals surface area (Å²) >= 11 is 0. The summed E-state index contributed by atoms with van der Waals surface area (Å²) in [5, 5.41) is 19.6. The lowest BCUT2D eigenvalue weighted by molar-refractivity contribution is 0.0868. The number of fused-ring (bicyclic) bond motifs is 1. The van der Waals surface area contributed by atoms with Gasteiger partial charge in [-0.25, -0.2) is 4.68 Å². The van der Waals surface area contributed by atoms with Gasteiger partial charge in [-0.2, -0.15) is 5.10 Å². The molecule has 170 valence electrons. The fraction of sp³-hybridized carbons (Fsp3) is 0.240. The van der Waals surface area contributed by atoms with Crippen molar-refractivity contribution in [1.29, 1.82) is 0 Å². The summed E-state index contributed by atoms with van der Waals surface area (Å²) in [6, 6.07) is 15.0. The van der Waals surface area contributed by atoms with E-state index in [1.807, 2.05) is 42.5 Å². The maximum atomic E-state index is 12.9. The Morgan fingerprint density at radius 1 is 1.21 bits per heavy atom. The molecule has 0 aliphatic rings. The van der Waals surface area contributed by atoms with Gasteiger partial charge in [0.25, 0.3) is 5.56 Å². The molecule has 33 heavy (non-hydrogen) atoms. The lowest BCUT2D eigenvalue weighted by Crippen LogP contribution is -2.32. The average Bonchev–Trinajstić information content (AvgIpc) is 3.22. The smallest absolute Gasteiger partial charge is 0.296 e. The van der Waals surface area contributed by atoms with Gasteiger partial charge in [0.2, 0.25) is 0 Å². The first-order chi connectivity index (χ1) is 16.0. The lowest BCUT2D eigenvalue weighted by Gasteiger charge is -2.16. The van der Waals surface area contributed by atoms with Crippen LogP contribution in [0.4, 0.5) is 0 Å². The van der Waals surface area contributed by atoms with Crippen LogP contribution in [0, 0.1) is 6.92 Å². The van der Waals surface area contributed by atoms with Crippen LogP contribution in [0.25, 0.3) is 22.2 Å². The molecule has 4 aromatic rings. The number of benzene rings is 2. The van der Waals surface area contributed by atoms with E-state index in [2.05, 4.69) is 16.8 Å². The second-order valence-corrected chi connectivity index (χ2v) is 7.61. The van der Waals surface area contributed by atoms with E-state index < -0.39 is 11.7 Å². The predicted molar refractivity (Wildman–Crippen MR) is 125 cm³/mol. The van der Waals surface area contributed by atoms with E-state index in [0.717, 1.165) is 11.1 Å². The van der Waals surface area contributed by atoms with E-state index in [9.17, 15) is 9.90 Å². The number of ether oxygens (including phenoxy) is 2. The Morgan fingerprint density at radius 2 is 2.00 bits per heavy atom. The number of aromatic nitrogens is 3. The molecule has 0 saturated carbocycles. The van der Waals surface area contributed by atoms with Crippen molar-refractivity contribution in [3.05, 3.63) is 82.9 Å². The van der Waals surface area contributed by atoms with Crippen molar-refractivity contribution >= 4 is 10.9 Å². The molecule has 0 saturated heterocycles. The second kappa shape index (κ2) is 9.70. The Morgan fingerprint density at radius 3 is 2.73 bits per heavy atom. The molecule has 0 aliphatic heterocycles. The quantitative estimate of drug-likeness (QED) is 0.392. The van der Waals surface area contributed by atoms with E-state index in [0.29, 0.717) is 34.8 Å². The largest absolute Gasteiger partial charge is 0.493 e. The van der Waals surface area contributed by atoms with E-state index >= 15 is 0 Å². The van der Waals surface area contributed by atoms with Crippen molar-refractivity contribution in [3.63, 3.8) is 0 Å². The fourth-order valence-electron chi connectivity index (χ4n) is 3.62. The highest BCUT2D eigenvalue weighted by Gasteiger charge is 2.20. The van der Waals surface area contributed by atoms with Crippen molar-refractivity contribution in [2.24, 2.45) is 0 Å². The Hall–Kier alpha value is -3.91. The zero-order valence-corrected chi connectivity index (χ0v) is 18.5. The van der Waals surface area contributed by atoms with E-state index in [4.69, 9.17) is 14.0 Å². The molecule has 4 rings (SSSR count). The molecule has 1 unspecified atom stereocenters. The molecule has 0 aliphatic carbocycles. The number of hydrogen-bond donors (Lipinski definition) is 1. The molecule has 2 aromatic heterocycles. The topological polar surface area (TPSA) is 99.6 Å². The molecule has 2 heterocycles. The SMILES string of the molecule is C=CCc1ccc(OCC(O)Cn2nc(-c3ccccc3)c3c(C)onc3c2=O)c(OC)c1. The number of methoxy groups -OCH3 is 1. The predicted octanol–water partition coefficient (Wildman–Crippen LogP) is 3.54. The first-order valence-corrected chi connectivity index (χ1v) is 10.5. The maximum Gasteiger partial charge on any atom is 0.296 e. The number of nitrogens with zero attached hydrogens (tertiary/aromatic N) is 3. The number of aliphatic hydroxyl groups excluding tert-OH is 1. The van der Waals surface area contributed by atoms with Crippen LogP contribution in [0.5, 0.6) is 11.5 Å². The third-order valence-corrected chi connectivity index (χ3v) is 5.23. The van der Waals surface area contributed by atoms with Gasteiger partial charge in [0, 0.05) is 5.56 Å². The van der Waals surface area contributed by atoms with Crippen molar-refractivity contribution in [3.8, 4) is 22.8 Å². The molecular weight excluding hydrogens is 422 g/mol. The first kappa shape index (κ1) is 22.3. The number of aryl methyl sites for hydroxylation is 1. The van der Waals surface area contributed by atoms with Gasteiger partial charge in [-0.05, 0) is 31.0 Å². The Labute approximate surface area is 190 Å². The lowest BCUT2D eigenvalue weighted by atomic mass is 10.1. The molecule has 2 aromatic carbocycles. The van der Waals surface area contributed by atoms with Gasteiger partial charge in [0.1, 0.15) is 24.2 Å². The summed E-state index contributed by atoms with van der Waals surface area (Å²) in [4.78, 5) is 12.9. The van der Waals surface area contributed by atoms with Crippen molar-refractivity contribution in [1.82, 2.24) is 14.9 Å². The standard InChI is InChI=1S/C25H25N3O5/c1-4-8-17-11-12-20(21(13-17)31-3)32-15-19(29)14-28-25(30)24-22(16(2)33-27-24)23(26-28)18-9-6-5-7-10-18/h4-7,9-13,19,29H,1,8,14-15H2,2-3H3. The summed E-state index contributed by atoms with van der Waals surface area (Å²) in [5.74, 6) is 1.57. The fourth-order valence-corrected chi connectivity index (χ4v) is 3.62. The molecule has 0 fully saturated rings. The Bertz CT molecular complexity index is 1330. The van der Waals surface area contributed by atoms with Gasteiger partial charge >= 0.3 is 0 Å². The van der Waals surface area contributed by atoms with Gasteiger partial charge in [-0.1, -0.05) is 47.6 Å². The molecule has 0 amide bonds. The van der Waals surface area contributed by atoms with E-state index in [-0.39, 0.29) is 18.7 Å². The van der Waals surface area contributed by atoms with Crippen molar-refractivity contribution in [2.45, 2.75) is 26.0 Å². The van der Waals surface area contributed by atoms with Crippen LogP contribution in [-0.4, -0.2) is 39.9 Å². The molecule has 0 radical (unpaired) electrons. The molecule has 1 N–H and O–H groups in total. The maximum absolute atomic E-state index is 12.9. The molecule has 1 atom stereocenters. The van der Waals surface area contributed by atoms with Gasteiger partial charge in [0.15, 0.2) is 17.0 Å². The molecule has 0 bridgehead atoms. The van der Waals surface area contributed by atoms with Crippen LogP contribution >= 0.6 is 0 Å². The minimum Gasteiger partial charge on any atom is -0.493 e. The Kier molecular flexibility index (Phi) is 6.55. The van der Waals surface area contributed by atoms with Crippen molar-refractivity contribution in [2.75, 3.05) is 13.7 Å². The highest BCUT2D eigenvalue weighted by atomic mass is 16.5. The minimum atomic E-state index is -0.998. The molecule has 0 spiro atoms. The first-order valence-electron chi connectivity index (χ1n) is 10.5. The van der Waals surface area contributed by atoms with Crippen LogP contribution < -0.4 is 15.0 Å². The number of hydrogen-bond acceptors (Lipinski definition) is 7. The number of rotatable bonds is 9. The van der Waals surface area contributed by atoms with Gasteiger partial charge < -0.3 is 19.1 Å². The van der Waals surface area contributed by atoms with Crippen LogP contribution in [0.2, 0.25) is 0 Å². The summed E-state index contributed by atoms with van der Waals surface area (Å²) in [6.45, 7) is 5.35. The summed E-state index contributed by atoms with van der Waals surface area (Å²) in [7, 11) is 1.56. The minimum absolute atomic E-state index is 0.0537. The number of allylic oxidation sites excluding steroid dienone is 1. The van der Waals surface area contributed by atoms with Crippen LogP contribution in [0.3, 0.4) is 0 Å². The Balaban J connectivity index is 1.57. The highest BCUT2D eigenvalue weighted by molar-refractivity contribution is 5.92. The monoisotopic (exact) mass is 447 g/mol. The second-order valence-electron chi connectivity index (χ2n) is 7.61. The van der Waals surface area contributed by atoms with Gasteiger partial charge in [-0.15, -0.1) is 6.58 Å². The molecule has 8 heteroatoms. The summed E-state index contributed by atoms with van der Waals surface area (Å²) in [5.41, 5.74) is 2.16.